The van der Waals surface area contributed by atoms with Gasteiger partial charge >= 0.3 is 0 Å². The Balaban J connectivity index is 1.35. The molecule has 2 aromatic carbocycles. The molecule has 48 heavy (non-hydrogen) atoms. The van der Waals surface area contributed by atoms with Gasteiger partial charge < -0.3 is 14.7 Å². The number of rotatable bonds is 1. The Morgan fingerprint density at radius 3 is 2.73 bits per heavy atom. The monoisotopic (exact) mass is 687 g/mol. The summed E-state index contributed by atoms with van der Waals surface area (Å²) in [4.78, 5) is 20.8. The van der Waals surface area contributed by atoms with Crippen molar-refractivity contribution in [2.45, 2.75) is 75.6 Å². The number of aryl methyl sites for hydroxylation is 2. The van der Waals surface area contributed by atoms with E-state index < -0.39 is 26.5 Å². The zero-order valence-corrected chi connectivity index (χ0v) is 29.7. The van der Waals surface area contributed by atoms with E-state index in [-0.39, 0.29) is 23.2 Å². The van der Waals surface area contributed by atoms with Gasteiger partial charge in [-0.15, -0.1) is 0 Å². The Hall–Kier alpha value is -3.33. The lowest BCUT2D eigenvalue weighted by Crippen LogP contribution is -2.51. The molecule has 0 radical (unpaired) electrons. The SMILES string of the molecule is C=S1(=O)NC(=O)c2ccc3c(c2)N(C[C@@H]2CC[C@H]2[C@](O)(c2ccc(C)cn2)/C=C/C[C@H](C)[C@H]1C)C[C@@]1(CCCc2cc(Cl)ccc21)CO3. The molecule has 2 aliphatic heterocycles. The summed E-state index contributed by atoms with van der Waals surface area (Å²) in [7, 11) is -2.99. The Morgan fingerprint density at radius 1 is 1.15 bits per heavy atom. The summed E-state index contributed by atoms with van der Waals surface area (Å²) in [5.74, 6) is 4.35. The van der Waals surface area contributed by atoms with Gasteiger partial charge in [-0.3, -0.25) is 14.5 Å². The molecule has 3 aromatic rings. The van der Waals surface area contributed by atoms with Crippen LogP contribution in [0.15, 0.2) is 66.9 Å². The lowest BCUT2D eigenvalue weighted by Gasteiger charge is -2.49. The summed E-state index contributed by atoms with van der Waals surface area (Å²) < 4.78 is 23.3. The maximum atomic E-state index is 13.9. The summed E-state index contributed by atoms with van der Waals surface area (Å²) in [5.41, 5.74) is 3.92. The molecule has 2 N–H and O–H groups in total. The Labute approximate surface area is 289 Å². The van der Waals surface area contributed by atoms with Crippen LogP contribution < -0.4 is 14.4 Å². The van der Waals surface area contributed by atoms with Crippen LogP contribution in [0.4, 0.5) is 5.69 Å². The third kappa shape index (κ3) is 5.94. The molecule has 7 rings (SSSR count). The van der Waals surface area contributed by atoms with Crippen molar-refractivity contribution in [2.24, 2.45) is 17.8 Å². The van der Waals surface area contributed by atoms with Gasteiger partial charge in [-0.1, -0.05) is 42.8 Å². The molecule has 7 atom stereocenters. The van der Waals surface area contributed by atoms with Crippen LogP contribution in [0.25, 0.3) is 0 Å². The maximum Gasteiger partial charge on any atom is 0.262 e. The number of allylic oxidation sites excluding steroid dienone is 1. The summed E-state index contributed by atoms with van der Waals surface area (Å²) in [6, 6.07) is 15.7. The van der Waals surface area contributed by atoms with Crippen LogP contribution in [0.1, 0.15) is 78.7 Å². The predicted octanol–water partition coefficient (Wildman–Crippen LogP) is 6.78. The van der Waals surface area contributed by atoms with Gasteiger partial charge in [0.05, 0.1) is 27.7 Å². The van der Waals surface area contributed by atoms with Crippen molar-refractivity contribution in [3.05, 3.63) is 99.9 Å². The lowest BCUT2D eigenvalue weighted by molar-refractivity contribution is -0.0529. The average molecular weight is 688 g/mol. The van der Waals surface area contributed by atoms with E-state index in [1.807, 2.05) is 69.5 Å². The summed E-state index contributed by atoms with van der Waals surface area (Å²) in [6.45, 7) is 7.76. The number of carbonyl (C=O) groups excluding carboxylic acids is 1. The van der Waals surface area contributed by atoms with Crippen molar-refractivity contribution in [2.75, 3.05) is 24.6 Å². The molecule has 0 saturated heterocycles. The van der Waals surface area contributed by atoms with Crippen LogP contribution in [0.3, 0.4) is 0 Å². The highest BCUT2D eigenvalue weighted by atomic mass is 35.5. The van der Waals surface area contributed by atoms with Crippen molar-refractivity contribution in [3.8, 4) is 5.75 Å². The van der Waals surface area contributed by atoms with Crippen LogP contribution in [0.5, 0.6) is 5.75 Å². The number of carbonyl (C=O) groups is 1. The Bertz CT molecular complexity index is 1860. The fourth-order valence-electron chi connectivity index (χ4n) is 8.35. The van der Waals surface area contributed by atoms with E-state index in [9.17, 15) is 14.1 Å². The number of halogens is 1. The van der Waals surface area contributed by atoms with E-state index in [2.05, 4.69) is 27.6 Å². The number of nitrogens with one attached hydrogen (secondary N) is 1. The van der Waals surface area contributed by atoms with Crippen LogP contribution in [0, 0.1) is 24.7 Å². The highest BCUT2D eigenvalue weighted by molar-refractivity contribution is 7.99. The van der Waals surface area contributed by atoms with Gasteiger partial charge in [0.25, 0.3) is 5.91 Å². The normalized spacial score (nSPS) is 34.1. The molecule has 2 bridgehead atoms. The Kier molecular flexibility index (Phi) is 8.66. The Morgan fingerprint density at radius 2 is 1.98 bits per heavy atom. The topological polar surface area (TPSA) is 91.8 Å². The second kappa shape index (κ2) is 12.5. The van der Waals surface area contributed by atoms with E-state index in [1.165, 1.54) is 11.1 Å². The first-order chi connectivity index (χ1) is 22.9. The molecule has 1 saturated carbocycles. The minimum Gasteiger partial charge on any atom is -0.490 e. The van der Waals surface area contributed by atoms with Crippen molar-refractivity contribution < 1.29 is 18.8 Å². The molecule has 4 aliphatic rings. The number of ether oxygens (including phenoxy) is 1. The zero-order chi connectivity index (χ0) is 33.8. The zero-order valence-electron chi connectivity index (χ0n) is 28.1. The first-order valence-electron chi connectivity index (χ1n) is 17.2. The molecule has 7 nitrogen and oxygen atoms in total. The first kappa shape index (κ1) is 33.2. The minimum atomic E-state index is -2.99. The summed E-state index contributed by atoms with van der Waals surface area (Å²) >= 11 is 6.46. The van der Waals surface area contributed by atoms with Crippen molar-refractivity contribution in [1.82, 2.24) is 9.71 Å². The largest absolute Gasteiger partial charge is 0.490 e. The van der Waals surface area contributed by atoms with Gasteiger partial charge in [-0.05, 0) is 123 Å². The van der Waals surface area contributed by atoms with Crippen molar-refractivity contribution in [1.29, 1.82) is 0 Å². The minimum absolute atomic E-state index is 0.0610. The second-order valence-electron chi connectivity index (χ2n) is 14.8. The number of hydrogen-bond donors (Lipinski definition) is 2. The molecular formula is C39H46ClN3O4S. The number of aliphatic hydroxyl groups is 1. The van der Waals surface area contributed by atoms with Crippen molar-refractivity contribution in [3.63, 3.8) is 0 Å². The fraction of sp³-hybridized carbons (Fsp3) is 0.462. The van der Waals surface area contributed by atoms with E-state index >= 15 is 0 Å². The molecule has 2 aliphatic carbocycles. The number of nitrogens with zero attached hydrogens (tertiary/aromatic N) is 2. The van der Waals surface area contributed by atoms with E-state index in [0.717, 1.165) is 48.4 Å². The highest BCUT2D eigenvalue weighted by Crippen LogP contribution is 2.50. The first-order valence-corrected chi connectivity index (χ1v) is 19.4. The standard InChI is InChI=1S/C39H46ClN3O4S/c1-25-9-16-36(41-21-25)39(45)18-5-7-26(2)27(3)48(4,46)42-37(44)29-11-15-35-34(20-29)43(22-30-10-13-33(30)39)23-38(24-47-35)17-6-8-28-19-31(40)12-14-32(28)38/h5,9,11-12,14-16,18-21,26-27,30,33,45H,4,6-8,10,13,17,22-24H2,1-3H3,(H,42,44,46)/b18-5+/t26-,27+,30-,33+,38-,39-,48?/m0/s1. The third-order valence-corrected chi connectivity index (χ3v) is 14.0. The fourth-order valence-corrected chi connectivity index (χ4v) is 10.0. The molecule has 1 unspecified atom stereocenters. The number of fused-ring (bicyclic) bond motifs is 4. The van der Waals surface area contributed by atoms with Crippen LogP contribution in [-0.4, -0.2) is 51.0 Å². The van der Waals surface area contributed by atoms with Crippen LogP contribution >= 0.6 is 11.6 Å². The van der Waals surface area contributed by atoms with Gasteiger partial charge in [0, 0.05) is 46.5 Å². The van der Waals surface area contributed by atoms with Gasteiger partial charge in [-0.25, -0.2) is 4.21 Å². The van der Waals surface area contributed by atoms with Crippen molar-refractivity contribution >= 4 is 38.8 Å². The van der Waals surface area contributed by atoms with E-state index in [1.54, 1.807) is 6.07 Å². The van der Waals surface area contributed by atoms with Gasteiger partial charge in [0.2, 0.25) is 0 Å². The number of aromatic nitrogens is 1. The summed E-state index contributed by atoms with van der Waals surface area (Å²) in [6.07, 6.45) is 11.1. The lowest BCUT2D eigenvalue weighted by atomic mass is 9.63. The average Bonchev–Trinajstić information content (AvgIpc) is 3.19. The van der Waals surface area contributed by atoms with Gasteiger partial charge in [-0.2, -0.15) is 0 Å². The number of hydrogen-bond acceptors (Lipinski definition) is 6. The van der Waals surface area contributed by atoms with Gasteiger partial charge in [0.1, 0.15) is 11.4 Å². The van der Waals surface area contributed by atoms with Crippen LogP contribution in [0.2, 0.25) is 5.02 Å². The van der Waals surface area contributed by atoms with Gasteiger partial charge in [0.15, 0.2) is 0 Å². The van der Waals surface area contributed by atoms with Crippen LogP contribution in [-0.2, 0) is 27.1 Å². The summed E-state index contributed by atoms with van der Waals surface area (Å²) in [5, 5.41) is 13.0. The molecule has 9 heteroatoms. The smallest absolute Gasteiger partial charge is 0.262 e. The number of amides is 1. The van der Waals surface area contributed by atoms with E-state index in [4.69, 9.17) is 21.3 Å². The maximum absolute atomic E-state index is 13.9. The third-order valence-electron chi connectivity index (χ3n) is 11.6. The number of benzene rings is 2. The predicted molar refractivity (Wildman–Crippen MR) is 194 cm³/mol. The molecule has 3 heterocycles. The highest BCUT2D eigenvalue weighted by Gasteiger charge is 2.49. The number of pyridine rings is 1. The molecule has 1 aromatic heterocycles. The number of anilines is 1. The second-order valence-corrected chi connectivity index (χ2v) is 17.6. The quantitative estimate of drug-likeness (QED) is 0.217. The van der Waals surface area contributed by atoms with E-state index in [0.29, 0.717) is 43.1 Å². The molecular weight excluding hydrogens is 642 g/mol. The molecule has 1 amide bonds. The molecule has 1 spiro atoms. The molecule has 1 fully saturated rings. The molecule has 254 valence electrons.